The summed E-state index contributed by atoms with van der Waals surface area (Å²) in [5.41, 5.74) is 0. The van der Waals surface area contributed by atoms with E-state index in [0.717, 1.165) is 32.1 Å². The van der Waals surface area contributed by atoms with Crippen molar-refractivity contribution in [3.63, 3.8) is 0 Å². The molecule has 4 atom stereocenters. The number of rotatable bonds is 9. The molecule has 5 nitrogen and oxygen atoms in total. The first kappa shape index (κ1) is 16.6. The molecule has 112 valence electrons. The molecule has 0 aromatic rings. The average Bonchev–Trinajstić information content (AvgIpc) is 2.42. The lowest BCUT2D eigenvalue weighted by Crippen LogP contribution is -2.55. The summed E-state index contributed by atoms with van der Waals surface area (Å²) in [6, 6.07) is 0. The average molecular weight is 274 g/mol. The van der Waals surface area contributed by atoms with Crippen molar-refractivity contribution in [2.24, 2.45) is 0 Å². The Balaban J connectivity index is 2.11. The van der Waals surface area contributed by atoms with Crippen LogP contribution in [0.1, 0.15) is 32.1 Å². The van der Waals surface area contributed by atoms with Crippen molar-refractivity contribution in [3.05, 3.63) is 12.7 Å². The first-order valence-electron chi connectivity index (χ1n) is 7.01. The van der Waals surface area contributed by atoms with Gasteiger partial charge in [-0.15, -0.1) is 6.58 Å². The maximum absolute atomic E-state index is 9.83. The predicted octanol–water partition coefficient (Wildman–Crippen LogP) is 0.621. The summed E-state index contributed by atoms with van der Waals surface area (Å²) in [6.45, 7) is 4.14. The molecule has 1 heterocycles. The van der Waals surface area contributed by atoms with Gasteiger partial charge in [0.2, 0.25) is 0 Å². The summed E-state index contributed by atoms with van der Waals surface area (Å²) in [6.07, 6.45) is 3.97. The normalized spacial score (nSPS) is 31.3. The van der Waals surface area contributed by atoms with Gasteiger partial charge in [-0.2, -0.15) is 0 Å². The highest BCUT2D eigenvalue weighted by Crippen LogP contribution is 2.18. The Morgan fingerprint density at radius 2 is 1.89 bits per heavy atom. The number of ether oxygens (including phenoxy) is 2. The molecule has 0 amide bonds. The molecule has 1 fully saturated rings. The molecule has 0 aromatic carbocycles. The van der Waals surface area contributed by atoms with Gasteiger partial charge in [-0.3, -0.25) is 0 Å². The molecule has 0 aliphatic carbocycles. The monoisotopic (exact) mass is 274 g/mol. The molecule has 0 aromatic heterocycles. The van der Waals surface area contributed by atoms with Gasteiger partial charge >= 0.3 is 0 Å². The maximum Gasteiger partial charge on any atom is 0.111 e. The van der Waals surface area contributed by atoms with Crippen molar-refractivity contribution < 1.29 is 24.8 Å². The van der Waals surface area contributed by atoms with Crippen molar-refractivity contribution in [2.75, 3.05) is 19.8 Å². The summed E-state index contributed by atoms with van der Waals surface area (Å²) in [5, 5.41) is 28.5. The minimum Gasteiger partial charge on any atom is -0.394 e. The van der Waals surface area contributed by atoms with Crippen LogP contribution in [0.15, 0.2) is 12.7 Å². The fraction of sp³-hybridized carbons (Fsp3) is 0.857. The van der Waals surface area contributed by atoms with E-state index in [1.807, 2.05) is 6.08 Å². The van der Waals surface area contributed by atoms with Crippen LogP contribution >= 0.6 is 0 Å². The largest absolute Gasteiger partial charge is 0.394 e. The minimum absolute atomic E-state index is 0.208. The summed E-state index contributed by atoms with van der Waals surface area (Å²) in [7, 11) is 0. The number of allylic oxidation sites excluding steroid dienone is 1. The van der Waals surface area contributed by atoms with Crippen LogP contribution in [0, 0.1) is 0 Å². The Morgan fingerprint density at radius 3 is 2.58 bits per heavy atom. The third-order valence-electron chi connectivity index (χ3n) is 3.40. The second-order valence-electron chi connectivity index (χ2n) is 4.94. The summed E-state index contributed by atoms with van der Waals surface area (Å²) in [5.74, 6) is 0. The lowest BCUT2D eigenvalue weighted by molar-refractivity contribution is -0.208. The number of hydrogen-bond acceptors (Lipinski definition) is 5. The van der Waals surface area contributed by atoms with Gasteiger partial charge in [-0.1, -0.05) is 18.9 Å². The Bertz CT molecular complexity index is 246. The Hall–Kier alpha value is -0.460. The van der Waals surface area contributed by atoms with Crippen LogP contribution in [0.25, 0.3) is 0 Å². The number of hydrogen-bond donors (Lipinski definition) is 3. The molecule has 0 unspecified atom stereocenters. The van der Waals surface area contributed by atoms with Gasteiger partial charge in [0.05, 0.1) is 13.2 Å². The predicted molar refractivity (Wildman–Crippen MR) is 71.9 cm³/mol. The topological polar surface area (TPSA) is 79.2 Å². The maximum atomic E-state index is 9.83. The van der Waals surface area contributed by atoms with Crippen molar-refractivity contribution in [1.29, 1.82) is 0 Å². The van der Waals surface area contributed by atoms with Crippen molar-refractivity contribution in [3.8, 4) is 0 Å². The standard InChI is InChI=1S/C14H26O5/c1-2-3-4-5-6-7-8-18-12-10-19-11(9-15)13(16)14(12)17/h2,11-17H,1,3-10H2/t11-,12+,13-,14-/m1/s1. The van der Waals surface area contributed by atoms with Crippen LogP contribution in [0.3, 0.4) is 0 Å². The van der Waals surface area contributed by atoms with Crippen LogP contribution < -0.4 is 0 Å². The van der Waals surface area contributed by atoms with Gasteiger partial charge < -0.3 is 24.8 Å². The van der Waals surface area contributed by atoms with Crippen molar-refractivity contribution >= 4 is 0 Å². The first-order valence-corrected chi connectivity index (χ1v) is 7.01. The molecule has 19 heavy (non-hydrogen) atoms. The van der Waals surface area contributed by atoms with Crippen LogP contribution in [0.4, 0.5) is 0 Å². The second kappa shape index (κ2) is 9.44. The summed E-state index contributed by atoms with van der Waals surface area (Å²) >= 11 is 0. The van der Waals surface area contributed by atoms with Gasteiger partial charge in [-0.05, 0) is 19.3 Å². The van der Waals surface area contributed by atoms with Crippen molar-refractivity contribution in [2.45, 2.75) is 56.5 Å². The number of aliphatic hydroxyl groups is 3. The second-order valence-corrected chi connectivity index (χ2v) is 4.94. The lowest BCUT2D eigenvalue weighted by atomic mass is 10.0. The van der Waals surface area contributed by atoms with E-state index in [-0.39, 0.29) is 13.2 Å². The van der Waals surface area contributed by atoms with E-state index >= 15 is 0 Å². The van der Waals surface area contributed by atoms with Crippen LogP contribution in [0.5, 0.6) is 0 Å². The van der Waals surface area contributed by atoms with E-state index in [9.17, 15) is 10.2 Å². The fourth-order valence-electron chi connectivity index (χ4n) is 2.14. The Morgan fingerprint density at radius 1 is 1.16 bits per heavy atom. The smallest absolute Gasteiger partial charge is 0.111 e. The molecule has 0 spiro atoms. The third kappa shape index (κ3) is 5.58. The highest BCUT2D eigenvalue weighted by Gasteiger charge is 2.38. The minimum atomic E-state index is -1.09. The van der Waals surface area contributed by atoms with Gasteiger partial charge in [0, 0.05) is 6.61 Å². The van der Waals surface area contributed by atoms with Crippen LogP contribution in [0.2, 0.25) is 0 Å². The van der Waals surface area contributed by atoms with Crippen LogP contribution in [-0.4, -0.2) is 59.6 Å². The number of aliphatic hydroxyl groups excluding tert-OH is 3. The molecular formula is C14H26O5. The van der Waals surface area contributed by atoms with Gasteiger partial charge in [0.25, 0.3) is 0 Å². The molecule has 0 saturated carbocycles. The van der Waals surface area contributed by atoms with Gasteiger partial charge in [0.1, 0.15) is 24.4 Å². The molecule has 1 saturated heterocycles. The van der Waals surface area contributed by atoms with E-state index in [0.29, 0.717) is 6.61 Å². The summed E-state index contributed by atoms with van der Waals surface area (Å²) in [4.78, 5) is 0. The molecule has 3 N–H and O–H groups in total. The van der Waals surface area contributed by atoms with Crippen LogP contribution in [-0.2, 0) is 9.47 Å². The van der Waals surface area contributed by atoms with E-state index in [2.05, 4.69) is 6.58 Å². The highest BCUT2D eigenvalue weighted by molar-refractivity contribution is 4.87. The zero-order chi connectivity index (χ0) is 14.1. The highest BCUT2D eigenvalue weighted by atomic mass is 16.6. The van der Waals surface area contributed by atoms with E-state index in [4.69, 9.17) is 14.6 Å². The molecule has 0 bridgehead atoms. The molecule has 1 rings (SSSR count). The molecular weight excluding hydrogens is 248 g/mol. The first-order chi connectivity index (χ1) is 9.20. The van der Waals surface area contributed by atoms with Crippen molar-refractivity contribution in [1.82, 2.24) is 0 Å². The third-order valence-corrected chi connectivity index (χ3v) is 3.40. The Kier molecular flexibility index (Phi) is 8.25. The lowest BCUT2D eigenvalue weighted by Gasteiger charge is -2.36. The van der Waals surface area contributed by atoms with E-state index < -0.39 is 24.4 Å². The summed E-state index contributed by atoms with van der Waals surface area (Å²) < 4.78 is 10.8. The number of unbranched alkanes of at least 4 members (excludes halogenated alkanes) is 4. The van der Waals surface area contributed by atoms with E-state index in [1.165, 1.54) is 0 Å². The zero-order valence-corrected chi connectivity index (χ0v) is 11.4. The SMILES string of the molecule is C=CCCCCCCO[C@H]1CO[C@H](CO)[C@@H](O)[C@@H]1O. The molecule has 5 heteroatoms. The fourth-order valence-corrected chi connectivity index (χ4v) is 2.14. The molecule has 0 radical (unpaired) electrons. The quantitative estimate of drug-likeness (QED) is 0.424. The Labute approximate surface area is 114 Å². The van der Waals surface area contributed by atoms with Gasteiger partial charge in [-0.25, -0.2) is 0 Å². The zero-order valence-electron chi connectivity index (χ0n) is 11.4. The molecule has 1 aliphatic heterocycles. The van der Waals surface area contributed by atoms with E-state index in [1.54, 1.807) is 0 Å². The molecule has 1 aliphatic rings. The van der Waals surface area contributed by atoms with Gasteiger partial charge in [0.15, 0.2) is 0 Å².